The number of carbonyl (C=O) groups is 18. The Morgan fingerprint density at radius 1 is 0.515 bits per heavy atom. The molecule has 15 unspecified atom stereocenters. The molecule has 3 aromatic heterocycles. The molecule has 0 bridgehead atoms. The number of likely N-dealkylation sites (N-methyl/N-ethyl adjacent to an activating group) is 2. The van der Waals surface area contributed by atoms with E-state index in [2.05, 4.69) is 73.1 Å². The molecule has 4 fully saturated rings. The number of aromatic hydroxyl groups is 1. The molecule has 4 aliphatic heterocycles. The average molecular weight is 1910 g/mol. The van der Waals surface area contributed by atoms with Gasteiger partial charge in [-0.3, -0.25) is 86.3 Å². The Morgan fingerprint density at radius 2 is 1.04 bits per heavy atom. The van der Waals surface area contributed by atoms with Gasteiger partial charge in [0.1, 0.15) is 90.3 Å². The molecule has 7 heterocycles. The number of carboxylic acids is 1. The number of hydrogen-bond acceptors (Lipinski definition) is 24. The maximum atomic E-state index is 15.7. The summed E-state index contributed by atoms with van der Waals surface area (Å²) >= 11 is 0.786. The first kappa shape index (κ1) is 105. The second kappa shape index (κ2) is 50.1. The van der Waals surface area contributed by atoms with Crippen molar-refractivity contribution in [3.8, 4) is 5.75 Å². The summed E-state index contributed by atoms with van der Waals surface area (Å²) in [6.45, 7) is 0.981. The Morgan fingerprint density at radius 3 is 1.63 bits per heavy atom. The van der Waals surface area contributed by atoms with E-state index in [0.29, 0.717) is 77.0 Å². The van der Waals surface area contributed by atoms with E-state index in [1.807, 2.05) is 13.8 Å². The number of aromatic amines is 3. The highest BCUT2D eigenvalue weighted by molar-refractivity contribution is 8.00. The fourth-order valence-electron chi connectivity index (χ4n) is 17.4. The third-order valence-electron chi connectivity index (χ3n) is 24.8. The Bertz CT molecular complexity index is 5270. The second-order valence-electron chi connectivity index (χ2n) is 34.6. The summed E-state index contributed by atoms with van der Waals surface area (Å²) in [6, 6.07) is -2.86. The number of fused-ring (bicyclic) bond motifs is 5. The molecule has 3 aromatic carbocycles. The van der Waals surface area contributed by atoms with E-state index >= 15 is 47.9 Å². The summed E-state index contributed by atoms with van der Waals surface area (Å²) in [6.07, 6.45) is 2.55. The number of piperidine rings is 1. The summed E-state index contributed by atoms with van der Waals surface area (Å²) in [5.74, 6) is -19.0. The molecule has 136 heavy (non-hydrogen) atoms. The smallest absolute Gasteiger partial charge is 0.303 e. The highest BCUT2D eigenvalue weighted by atomic mass is 32.2. The summed E-state index contributed by atoms with van der Waals surface area (Å²) in [5.41, 5.74) is 20.0. The van der Waals surface area contributed by atoms with Crippen molar-refractivity contribution in [3.05, 3.63) is 120 Å². The molecule has 10 rings (SSSR count). The van der Waals surface area contributed by atoms with Gasteiger partial charge in [0.05, 0.1) is 37.8 Å². The van der Waals surface area contributed by atoms with Crippen LogP contribution in [0.25, 0.3) is 21.8 Å². The van der Waals surface area contributed by atoms with Crippen molar-refractivity contribution in [2.45, 2.75) is 239 Å². The highest BCUT2D eigenvalue weighted by Gasteiger charge is 2.47. The van der Waals surface area contributed by atoms with E-state index in [1.165, 1.54) is 55.8 Å². The van der Waals surface area contributed by atoms with Crippen LogP contribution in [-0.2, 0) is 112 Å². The molecule has 44 nitrogen and oxygen atoms in total. The van der Waals surface area contributed by atoms with Gasteiger partial charge in [-0.2, -0.15) is 0 Å². The largest absolute Gasteiger partial charge is 0.508 e. The average Bonchev–Trinajstić information content (AvgIpc) is 1.74. The molecule has 4 aliphatic rings. The number of aliphatic hydroxyl groups is 2. The number of nitrogens with two attached hydrogens (primary N) is 3. The van der Waals surface area contributed by atoms with Crippen LogP contribution >= 0.6 is 11.8 Å². The molecular weight excluding hydrogens is 1790 g/mol. The number of aliphatic carboxylic acids is 1. The lowest BCUT2D eigenvalue weighted by molar-refractivity contribution is -0.149. The van der Waals surface area contributed by atoms with Gasteiger partial charge < -0.3 is 130 Å². The minimum atomic E-state index is -1.93. The zero-order chi connectivity index (χ0) is 98.6. The van der Waals surface area contributed by atoms with Gasteiger partial charge in [0.25, 0.3) is 0 Å². The number of nitrogens with one attached hydrogen (secondary N) is 13. The second-order valence-corrected chi connectivity index (χ2v) is 35.7. The Labute approximate surface area is 787 Å². The summed E-state index contributed by atoms with van der Waals surface area (Å²) in [5, 5.41) is 70.5. The maximum absolute atomic E-state index is 15.7. The van der Waals surface area contributed by atoms with Crippen molar-refractivity contribution >= 4 is 140 Å². The van der Waals surface area contributed by atoms with Crippen molar-refractivity contribution in [1.29, 1.82) is 0 Å². The summed E-state index contributed by atoms with van der Waals surface area (Å²) in [4.78, 5) is 282. The Balaban J connectivity index is 1.02. The number of aliphatic hydroxyl groups excluding tert-OH is 2. The lowest BCUT2D eigenvalue weighted by Gasteiger charge is -2.38. The first-order chi connectivity index (χ1) is 65.1. The van der Waals surface area contributed by atoms with Crippen LogP contribution in [0.4, 0.5) is 0 Å². The summed E-state index contributed by atoms with van der Waals surface area (Å²) < 4.78 is 0. The predicted molar refractivity (Wildman–Crippen MR) is 493 cm³/mol. The monoisotopic (exact) mass is 1910 g/mol. The number of rotatable bonds is 26. The van der Waals surface area contributed by atoms with E-state index < -0.39 is 260 Å². The quantitative estimate of drug-likeness (QED) is 0.0256. The molecule has 17 amide bonds. The predicted octanol–water partition coefficient (Wildman–Crippen LogP) is -3.10. The molecule has 736 valence electrons. The number of imidazole rings is 1. The minimum absolute atomic E-state index is 0.00228. The van der Waals surface area contributed by atoms with E-state index in [9.17, 15) is 58.8 Å². The maximum Gasteiger partial charge on any atom is 0.303 e. The van der Waals surface area contributed by atoms with Gasteiger partial charge in [-0.1, -0.05) is 88.1 Å². The number of aromatic nitrogens is 4. The van der Waals surface area contributed by atoms with Crippen molar-refractivity contribution in [2.24, 2.45) is 17.2 Å². The molecule has 0 saturated carbocycles. The third kappa shape index (κ3) is 28.3. The third-order valence-corrected chi connectivity index (χ3v) is 25.8. The molecule has 0 spiro atoms. The van der Waals surface area contributed by atoms with E-state index in [4.69, 9.17) is 17.2 Å². The van der Waals surface area contributed by atoms with Crippen molar-refractivity contribution in [2.75, 3.05) is 64.9 Å². The first-order valence-electron chi connectivity index (χ1n) is 45.8. The number of primary amides is 2. The van der Waals surface area contributed by atoms with Crippen LogP contribution in [0.2, 0.25) is 0 Å². The summed E-state index contributed by atoms with van der Waals surface area (Å²) in [7, 11) is 2.68. The molecule has 6 aromatic rings. The van der Waals surface area contributed by atoms with Crippen LogP contribution in [0, 0.1) is 0 Å². The van der Waals surface area contributed by atoms with E-state index in [-0.39, 0.29) is 95.3 Å². The number of unbranched alkanes of at least 4 members (excludes halogenated alkanes) is 2. The van der Waals surface area contributed by atoms with E-state index in [1.54, 1.807) is 60.9 Å². The van der Waals surface area contributed by atoms with Gasteiger partial charge in [0, 0.05) is 124 Å². The van der Waals surface area contributed by atoms with Crippen molar-refractivity contribution < 1.29 is 107 Å². The van der Waals surface area contributed by atoms with Gasteiger partial charge in [-0.25, -0.2) is 4.98 Å². The van der Waals surface area contributed by atoms with E-state index in [0.717, 1.165) is 31.4 Å². The number of phenolic OH excluding ortho intramolecular Hbond substituents is 1. The number of nitrogens with zero attached hydrogens (tertiary/aromatic N) is 6. The number of hydrogen-bond donors (Lipinski definition) is 20. The normalized spacial score (nSPS) is 25.1. The van der Waals surface area contributed by atoms with Crippen LogP contribution in [-0.4, -0.2) is 327 Å². The number of carbonyl (C=O) groups excluding carboxylic acids is 17. The number of benzene rings is 3. The zero-order valence-corrected chi connectivity index (χ0v) is 77.2. The van der Waals surface area contributed by atoms with Crippen LogP contribution in [0.5, 0.6) is 5.75 Å². The van der Waals surface area contributed by atoms with Gasteiger partial charge in [0.15, 0.2) is 0 Å². The highest BCUT2D eigenvalue weighted by Crippen LogP contribution is 2.29. The molecule has 15 atom stereocenters. The number of amides is 17. The number of thioether (sulfide) groups is 1. The number of H-pyrrole nitrogens is 3. The standard InChI is InChI=1S/C91H124N22O22S/c1-5-7-22-69-83(127)101-60(21-15-32-92)79(123)108-68(78(122)98-44-75(94)118)47-136-48-76(119)100-64(35-50-26-28-54(115)29-27-50)89(133)111-33-14-13-24-70(111)85(129)106-66(40-74(93)117)90(134)112-34-16-25-71(112)84(128)104-63(38-53-43-95-49-99-53)81(125)102-61(30-31-77(120)121)88(132)113-45-55(116)39-73(113)86(130)103-62(36-51-41-96-58-19-11-9-17-56(51)58)80(124)107-67(46-114)82(126)105-65(37-52-42-97-59-20-12-10-18-57(52)59)87(131)110(4)72(23-8-6-2)91(135)109(69)3/h9-12,17-20,26-29,41-43,49,55,60-73,96-97,114-116H,5-8,13-16,21-25,30-40,44-48,92H2,1-4H3,(H2,93,117)(H2,94,118)(H,95,99)(H,98,122)(H,100,119)(H,101,127)(H,102,125)(H,103,130)(H,104,128)(H,105,126)(H,106,129)(H,107,124)(H,108,123)(H,120,121). The first-order valence-corrected chi connectivity index (χ1v) is 46.9. The van der Waals surface area contributed by atoms with Crippen LogP contribution in [0.15, 0.2) is 97.7 Å². The van der Waals surface area contributed by atoms with Crippen molar-refractivity contribution in [1.82, 2.24) is 97.6 Å². The molecule has 23 N–H and O–H groups in total. The van der Waals surface area contributed by atoms with Crippen LogP contribution in [0.1, 0.15) is 145 Å². The number of phenols is 1. The lowest BCUT2D eigenvalue weighted by atomic mass is 9.97. The fourth-order valence-corrected chi connectivity index (χ4v) is 18.3. The van der Waals surface area contributed by atoms with Gasteiger partial charge in [-0.15, -0.1) is 11.8 Å². The lowest BCUT2D eigenvalue weighted by Crippen LogP contribution is -2.62. The number of carboxylic acid groups (broad SMARTS) is 1. The molecule has 0 radical (unpaired) electrons. The Kier molecular flexibility index (Phi) is 38.5. The van der Waals surface area contributed by atoms with Crippen LogP contribution in [0.3, 0.4) is 0 Å². The molecule has 45 heteroatoms. The van der Waals surface area contributed by atoms with Crippen molar-refractivity contribution in [3.63, 3.8) is 0 Å². The van der Waals surface area contributed by atoms with Crippen LogP contribution < -0.4 is 70.4 Å². The van der Waals surface area contributed by atoms with Gasteiger partial charge in [0.2, 0.25) is 100 Å². The molecule has 4 saturated heterocycles. The SMILES string of the molecule is CCCCC1C(=O)N(C)C(CCCC)C(=O)NC(CCCN)C(=O)NC(C(=O)NCC(N)=O)CSCC(=O)NC(Cc2ccc(O)cc2)C(=O)N2CCCCC2C(=O)NC(CC(N)=O)C(=O)N2CCCC2C(=O)NC(Cc2cnc[nH]2)C(=O)NC(CCC(=O)O)C(=O)N2CC(O)CC2C(=O)NC(Cc2c[nH]c3ccccc23)C(=O)NC(CO)C(=O)NC(Cc2c[nH]c3ccccc23)C(=O)N1C. The minimum Gasteiger partial charge on any atom is -0.508 e. The van der Waals surface area contributed by atoms with Gasteiger partial charge in [-0.05, 0) is 112 Å². The number of para-hydroxylation sites is 2. The zero-order valence-electron chi connectivity index (χ0n) is 76.4. The fraction of sp³-hybridized carbons (Fsp3) is 0.527. The molecular formula is C91H124N22O22S. The topological polar surface area (TPSA) is 663 Å². The van der Waals surface area contributed by atoms with Gasteiger partial charge >= 0.3 is 5.97 Å². The Hall–Kier alpha value is -13.6. The molecule has 0 aliphatic carbocycles.